The van der Waals surface area contributed by atoms with Gasteiger partial charge in [-0.25, -0.2) is 9.98 Å². The van der Waals surface area contributed by atoms with E-state index in [-0.39, 0.29) is 24.0 Å². The van der Waals surface area contributed by atoms with Crippen molar-refractivity contribution in [2.75, 3.05) is 19.6 Å². The molecule has 9 heteroatoms. The maximum atomic E-state index is 4.66. The van der Waals surface area contributed by atoms with Gasteiger partial charge in [0.05, 0.1) is 0 Å². The van der Waals surface area contributed by atoms with E-state index in [0.29, 0.717) is 12.6 Å². The zero-order chi connectivity index (χ0) is 19.1. The molecule has 0 unspecified atom stereocenters. The summed E-state index contributed by atoms with van der Waals surface area (Å²) in [4.78, 5) is 11.4. The molecular weight excluding hydrogens is 533 g/mol. The Hall–Kier alpha value is -1.20. The molecule has 1 fully saturated rings. The Kier molecular flexibility index (Phi) is 9.66. The van der Waals surface area contributed by atoms with Gasteiger partial charge in [-0.2, -0.15) is 5.10 Å². The normalized spacial score (nSPS) is 15.9. The van der Waals surface area contributed by atoms with Gasteiger partial charge in [-0.05, 0) is 37.5 Å². The summed E-state index contributed by atoms with van der Waals surface area (Å²) < 4.78 is 2.89. The Morgan fingerprint density at radius 2 is 1.96 bits per heavy atom. The van der Waals surface area contributed by atoms with Crippen molar-refractivity contribution in [1.82, 2.24) is 30.3 Å². The van der Waals surface area contributed by atoms with Crippen LogP contribution in [0.15, 0.2) is 40.1 Å². The van der Waals surface area contributed by atoms with Crippen LogP contribution in [0.2, 0.25) is 0 Å². The van der Waals surface area contributed by atoms with Crippen LogP contribution in [0.4, 0.5) is 0 Å². The summed E-state index contributed by atoms with van der Waals surface area (Å²) in [5.41, 5.74) is 1.36. The second-order valence-corrected chi connectivity index (χ2v) is 7.73. The zero-order valence-corrected chi connectivity index (χ0v) is 20.4. The van der Waals surface area contributed by atoms with E-state index in [2.05, 4.69) is 77.7 Å². The summed E-state index contributed by atoms with van der Waals surface area (Å²) in [6, 6.07) is 9.05. The van der Waals surface area contributed by atoms with Crippen LogP contribution in [0.3, 0.4) is 0 Å². The van der Waals surface area contributed by atoms with Gasteiger partial charge >= 0.3 is 0 Å². The highest BCUT2D eigenvalue weighted by Crippen LogP contribution is 2.16. The Balaban J connectivity index is 0.00000280. The van der Waals surface area contributed by atoms with Crippen LogP contribution in [0.1, 0.15) is 31.2 Å². The Bertz CT molecular complexity index is 739. The number of aryl methyl sites for hydroxylation is 1. The second kappa shape index (κ2) is 11.7. The maximum Gasteiger partial charge on any atom is 0.191 e. The number of piperidine rings is 1. The number of aromatic nitrogens is 3. The van der Waals surface area contributed by atoms with Gasteiger partial charge in [0.25, 0.3) is 0 Å². The van der Waals surface area contributed by atoms with Crippen molar-refractivity contribution in [3.8, 4) is 0 Å². The quantitative estimate of drug-likeness (QED) is 0.322. The minimum atomic E-state index is 0. The summed E-state index contributed by atoms with van der Waals surface area (Å²) in [6.45, 7) is 6.65. The van der Waals surface area contributed by atoms with Crippen LogP contribution < -0.4 is 10.6 Å². The number of benzene rings is 1. The molecule has 2 N–H and O–H groups in total. The zero-order valence-electron chi connectivity index (χ0n) is 16.4. The number of rotatable bonds is 6. The van der Waals surface area contributed by atoms with Crippen molar-refractivity contribution in [2.24, 2.45) is 12.0 Å². The van der Waals surface area contributed by atoms with E-state index in [1.807, 2.05) is 7.05 Å². The van der Waals surface area contributed by atoms with Crippen LogP contribution in [-0.2, 0) is 20.1 Å². The molecule has 0 bridgehead atoms. The van der Waals surface area contributed by atoms with Gasteiger partial charge in [0.2, 0.25) is 0 Å². The highest BCUT2D eigenvalue weighted by atomic mass is 127. The minimum absolute atomic E-state index is 0. The average Bonchev–Trinajstić information content (AvgIpc) is 3.08. The Labute approximate surface area is 192 Å². The van der Waals surface area contributed by atoms with E-state index in [1.54, 1.807) is 11.0 Å². The number of hydrogen-bond acceptors (Lipinski definition) is 4. The number of nitrogens with one attached hydrogen (secondary N) is 2. The molecule has 1 aromatic carbocycles. The van der Waals surface area contributed by atoms with Gasteiger partial charge in [0.15, 0.2) is 5.96 Å². The number of aliphatic imine (C=N–C) groups is 1. The van der Waals surface area contributed by atoms with Crippen LogP contribution in [0.5, 0.6) is 0 Å². The number of likely N-dealkylation sites (tertiary alicyclic amines) is 1. The minimum Gasteiger partial charge on any atom is -0.357 e. The van der Waals surface area contributed by atoms with Gasteiger partial charge in [-0.1, -0.05) is 28.1 Å². The molecule has 0 atom stereocenters. The first-order valence-electron chi connectivity index (χ1n) is 9.48. The molecular formula is C19H29BrIN7. The van der Waals surface area contributed by atoms with Crippen molar-refractivity contribution >= 4 is 45.9 Å². The highest BCUT2D eigenvalue weighted by Gasteiger charge is 2.20. The fourth-order valence-electron chi connectivity index (χ4n) is 3.21. The first-order chi connectivity index (χ1) is 13.1. The summed E-state index contributed by atoms with van der Waals surface area (Å²) >= 11 is 3.50. The molecule has 0 spiro atoms. The van der Waals surface area contributed by atoms with E-state index in [1.165, 1.54) is 5.56 Å². The molecule has 0 saturated carbocycles. The highest BCUT2D eigenvalue weighted by molar-refractivity contribution is 14.0. The predicted octanol–water partition coefficient (Wildman–Crippen LogP) is 2.92. The largest absolute Gasteiger partial charge is 0.357 e. The third-order valence-corrected chi connectivity index (χ3v) is 5.30. The van der Waals surface area contributed by atoms with E-state index in [0.717, 1.165) is 55.3 Å². The molecule has 0 aliphatic carbocycles. The monoisotopic (exact) mass is 561 g/mol. The number of hydrogen-bond donors (Lipinski definition) is 2. The molecule has 154 valence electrons. The van der Waals surface area contributed by atoms with Gasteiger partial charge in [0, 0.05) is 43.7 Å². The van der Waals surface area contributed by atoms with Crippen LogP contribution >= 0.6 is 39.9 Å². The molecule has 2 aromatic rings. The van der Waals surface area contributed by atoms with E-state index < -0.39 is 0 Å². The number of halogens is 2. The van der Waals surface area contributed by atoms with E-state index in [9.17, 15) is 0 Å². The van der Waals surface area contributed by atoms with Gasteiger partial charge in [-0.3, -0.25) is 9.58 Å². The van der Waals surface area contributed by atoms with Crippen molar-refractivity contribution in [2.45, 2.75) is 38.9 Å². The number of nitrogens with zero attached hydrogens (tertiary/aromatic N) is 5. The summed E-state index contributed by atoms with van der Waals surface area (Å²) in [7, 11) is 1.89. The third kappa shape index (κ3) is 7.00. The maximum absolute atomic E-state index is 4.66. The molecule has 2 heterocycles. The Morgan fingerprint density at radius 1 is 1.25 bits per heavy atom. The smallest absolute Gasteiger partial charge is 0.191 e. The van der Waals surface area contributed by atoms with Crippen molar-refractivity contribution in [3.05, 3.63) is 46.5 Å². The van der Waals surface area contributed by atoms with Crippen LogP contribution in [0, 0.1) is 0 Å². The molecule has 1 aliphatic heterocycles. The summed E-state index contributed by atoms with van der Waals surface area (Å²) in [5, 5.41) is 11.0. The fourth-order valence-corrected chi connectivity index (χ4v) is 3.47. The SMILES string of the molecule is CCNC(=NCc1ncnn1C)NC1CCN(Cc2ccc(Br)cc2)CC1.I. The number of guanidine groups is 1. The predicted molar refractivity (Wildman–Crippen MR) is 127 cm³/mol. The molecule has 1 aliphatic rings. The van der Waals surface area contributed by atoms with Crippen molar-refractivity contribution in [1.29, 1.82) is 0 Å². The van der Waals surface area contributed by atoms with Gasteiger partial charge in [0.1, 0.15) is 18.7 Å². The molecule has 0 amide bonds. The topological polar surface area (TPSA) is 70.4 Å². The van der Waals surface area contributed by atoms with Crippen LogP contribution in [0.25, 0.3) is 0 Å². The lowest BCUT2D eigenvalue weighted by Crippen LogP contribution is -2.48. The lowest BCUT2D eigenvalue weighted by Gasteiger charge is -2.33. The standard InChI is InChI=1S/C19H28BrN7.HI/c1-3-21-19(22-12-18-23-14-24-26(18)2)25-17-8-10-27(11-9-17)13-15-4-6-16(20)7-5-15;/h4-7,14,17H,3,8-13H2,1-2H3,(H2,21,22,25);1H. The average molecular weight is 562 g/mol. The lowest BCUT2D eigenvalue weighted by molar-refractivity contribution is 0.198. The molecule has 28 heavy (non-hydrogen) atoms. The molecule has 3 rings (SSSR count). The molecule has 1 aromatic heterocycles. The van der Waals surface area contributed by atoms with E-state index >= 15 is 0 Å². The first-order valence-corrected chi connectivity index (χ1v) is 10.3. The molecule has 0 radical (unpaired) electrons. The van der Waals surface area contributed by atoms with E-state index in [4.69, 9.17) is 0 Å². The molecule has 1 saturated heterocycles. The first kappa shape index (κ1) is 23.1. The lowest BCUT2D eigenvalue weighted by atomic mass is 10.0. The van der Waals surface area contributed by atoms with Gasteiger partial charge < -0.3 is 10.6 Å². The summed E-state index contributed by atoms with van der Waals surface area (Å²) in [5.74, 6) is 1.71. The van der Waals surface area contributed by atoms with Crippen LogP contribution in [-0.4, -0.2) is 51.3 Å². The third-order valence-electron chi connectivity index (χ3n) is 4.78. The Morgan fingerprint density at radius 3 is 2.57 bits per heavy atom. The molecule has 7 nitrogen and oxygen atoms in total. The van der Waals surface area contributed by atoms with Crippen molar-refractivity contribution in [3.63, 3.8) is 0 Å². The fraction of sp³-hybridized carbons (Fsp3) is 0.526. The summed E-state index contributed by atoms with van der Waals surface area (Å²) in [6.07, 6.45) is 3.79. The van der Waals surface area contributed by atoms with Crippen molar-refractivity contribution < 1.29 is 0 Å². The van der Waals surface area contributed by atoms with Gasteiger partial charge in [-0.15, -0.1) is 24.0 Å². The second-order valence-electron chi connectivity index (χ2n) is 6.82.